The van der Waals surface area contributed by atoms with Crippen molar-refractivity contribution in [3.63, 3.8) is 0 Å². The van der Waals surface area contributed by atoms with Crippen LogP contribution in [0.15, 0.2) is 89.5 Å². The molecule has 0 bridgehead atoms. The van der Waals surface area contributed by atoms with Crippen molar-refractivity contribution < 1.29 is 9.53 Å². The van der Waals surface area contributed by atoms with Crippen molar-refractivity contribution in [2.45, 2.75) is 25.9 Å². The zero-order valence-corrected chi connectivity index (χ0v) is 19.8. The van der Waals surface area contributed by atoms with Gasteiger partial charge in [0.15, 0.2) is 0 Å². The predicted molar refractivity (Wildman–Crippen MR) is 135 cm³/mol. The number of fused-ring (bicyclic) bond motifs is 1. The molecule has 3 aromatic rings. The van der Waals surface area contributed by atoms with Crippen molar-refractivity contribution in [1.82, 2.24) is 4.90 Å². The van der Waals surface area contributed by atoms with Gasteiger partial charge < -0.3 is 9.64 Å². The van der Waals surface area contributed by atoms with Crippen LogP contribution < -0.4 is 9.64 Å². The number of allylic oxidation sites excluding steroid dienone is 1. The number of aryl methyl sites for hydroxylation is 1. The van der Waals surface area contributed by atoms with E-state index in [0.717, 1.165) is 27.6 Å². The summed E-state index contributed by atoms with van der Waals surface area (Å²) in [5, 5.41) is 10.8. The summed E-state index contributed by atoms with van der Waals surface area (Å²) in [5.41, 5.74) is 5.03. The van der Waals surface area contributed by atoms with Crippen LogP contribution in [0.3, 0.4) is 0 Å². The Morgan fingerprint density at radius 3 is 2.47 bits per heavy atom. The molecule has 0 aliphatic carbocycles. The van der Waals surface area contributed by atoms with E-state index in [1.54, 1.807) is 16.7 Å². The van der Waals surface area contributed by atoms with Crippen molar-refractivity contribution in [3.05, 3.63) is 106 Å². The topological polar surface area (TPSA) is 56.6 Å². The van der Waals surface area contributed by atoms with Crippen LogP contribution in [0.2, 0.25) is 0 Å². The number of hydrogen-bond acceptors (Lipinski definition) is 5. The Morgan fingerprint density at radius 1 is 1.03 bits per heavy atom. The van der Waals surface area contributed by atoms with Crippen molar-refractivity contribution in [3.8, 4) is 11.8 Å². The second-order valence-electron chi connectivity index (χ2n) is 8.54. The van der Waals surface area contributed by atoms with E-state index in [2.05, 4.69) is 42.2 Å². The summed E-state index contributed by atoms with van der Waals surface area (Å²) in [6.07, 6.45) is 0.291. The number of nitrogens with zero attached hydrogens (tertiary/aromatic N) is 3. The maximum absolute atomic E-state index is 13.1. The van der Waals surface area contributed by atoms with Gasteiger partial charge in [0.2, 0.25) is 5.91 Å². The molecule has 2 heterocycles. The Bertz CT molecular complexity index is 1250. The lowest BCUT2D eigenvalue weighted by Gasteiger charge is -2.42. The van der Waals surface area contributed by atoms with Crippen molar-refractivity contribution in [2.75, 3.05) is 17.4 Å². The lowest BCUT2D eigenvalue weighted by molar-refractivity contribution is -0.129. The fraction of sp³-hybridized carbons (Fsp3) is 0.214. The fourth-order valence-corrected chi connectivity index (χ4v) is 5.47. The lowest BCUT2D eigenvalue weighted by Crippen LogP contribution is -2.47. The number of carbonyl (C=O) groups is 1. The molecule has 1 atom stereocenters. The number of amides is 1. The van der Waals surface area contributed by atoms with Crippen molar-refractivity contribution >= 4 is 23.4 Å². The lowest BCUT2D eigenvalue weighted by atomic mass is 9.86. The minimum Gasteiger partial charge on any atom is -0.489 e. The first-order valence-corrected chi connectivity index (χ1v) is 12.3. The second kappa shape index (κ2) is 9.66. The van der Waals surface area contributed by atoms with Crippen LogP contribution in [-0.2, 0) is 11.4 Å². The van der Waals surface area contributed by atoms with Gasteiger partial charge in [-0.15, -0.1) is 0 Å². The number of ether oxygens (including phenoxy) is 1. The van der Waals surface area contributed by atoms with Gasteiger partial charge in [-0.05, 0) is 42.3 Å². The maximum atomic E-state index is 13.1. The van der Waals surface area contributed by atoms with Gasteiger partial charge in [0, 0.05) is 18.0 Å². The van der Waals surface area contributed by atoms with Crippen LogP contribution in [-0.4, -0.2) is 23.4 Å². The number of nitriles is 1. The summed E-state index contributed by atoms with van der Waals surface area (Å²) in [7, 11) is 0. The van der Waals surface area contributed by atoms with E-state index < -0.39 is 0 Å². The Morgan fingerprint density at radius 2 is 1.76 bits per heavy atom. The van der Waals surface area contributed by atoms with Gasteiger partial charge in [-0.2, -0.15) is 5.26 Å². The maximum Gasteiger partial charge on any atom is 0.229 e. The second-order valence-corrected chi connectivity index (χ2v) is 9.48. The molecule has 2 aliphatic heterocycles. The van der Waals surface area contributed by atoms with Crippen LogP contribution in [0, 0.1) is 18.3 Å². The van der Waals surface area contributed by atoms with Crippen molar-refractivity contribution in [2.24, 2.45) is 0 Å². The Hall–Kier alpha value is -3.69. The largest absolute Gasteiger partial charge is 0.489 e. The summed E-state index contributed by atoms with van der Waals surface area (Å²) in [5.74, 6) is 1.29. The van der Waals surface area contributed by atoms with Gasteiger partial charge in [-0.25, -0.2) is 0 Å². The van der Waals surface area contributed by atoms with E-state index in [0.29, 0.717) is 31.1 Å². The summed E-state index contributed by atoms with van der Waals surface area (Å²) >= 11 is 1.56. The van der Waals surface area contributed by atoms with Gasteiger partial charge in [-0.1, -0.05) is 71.9 Å². The molecule has 2 aliphatic rings. The first kappa shape index (κ1) is 22.1. The molecule has 5 nitrogen and oxygen atoms in total. The van der Waals surface area contributed by atoms with Crippen LogP contribution in [0.1, 0.15) is 29.0 Å². The van der Waals surface area contributed by atoms with Gasteiger partial charge in [0.1, 0.15) is 12.4 Å². The third-order valence-corrected chi connectivity index (χ3v) is 7.38. The highest BCUT2D eigenvalue weighted by molar-refractivity contribution is 8.03. The molecule has 5 rings (SSSR count). The molecule has 34 heavy (non-hydrogen) atoms. The molecular formula is C28H25N3O2S. The SMILES string of the molecule is Cc1ccc(N2CSC3=C(C#N)C(c4ccc(OCc5ccccc5)cc4)CC(=O)N3C2)cc1. The zero-order valence-electron chi connectivity index (χ0n) is 19.0. The molecule has 1 amide bonds. The van der Waals surface area contributed by atoms with E-state index in [4.69, 9.17) is 4.74 Å². The van der Waals surface area contributed by atoms with E-state index in [1.807, 2.05) is 54.6 Å². The van der Waals surface area contributed by atoms with E-state index >= 15 is 0 Å². The zero-order chi connectivity index (χ0) is 23.5. The fourth-order valence-electron chi connectivity index (χ4n) is 4.30. The number of hydrogen-bond donors (Lipinski definition) is 0. The minimum absolute atomic E-state index is 0.0488. The standard InChI is InChI=1S/C28H25N3O2S/c1-20-7-11-23(12-8-20)30-18-31-27(32)15-25(26(16-29)28(31)34-19-30)22-9-13-24(14-10-22)33-17-21-5-3-2-4-6-21/h2-14,25H,15,17-19H2,1H3. The number of carbonyl (C=O) groups excluding carboxylic acids is 1. The molecular weight excluding hydrogens is 442 g/mol. The Balaban J connectivity index is 1.33. The molecule has 0 spiro atoms. The summed E-state index contributed by atoms with van der Waals surface area (Å²) in [6, 6.07) is 28.5. The van der Waals surface area contributed by atoms with Gasteiger partial charge in [0.25, 0.3) is 0 Å². The molecule has 1 unspecified atom stereocenters. The van der Waals surface area contributed by atoms with Gasteiger partial charge in [0.05, 0.1) is 29.2 Å². The van der Waals surface area contributed by atoms with Gasteiger partial charge in [-0.3, -0.25) is 9.69 Å². The van der Waals surface area contributed by atoms with Crippen LogP contribution in [0.4, 0.5) is 5.69 Å². The number of thioether (sulfide) groups is 1. The molecule has 170 valence electrons. The molecule has 0 radical (unpaired) electrons. The average molecular weight is 468 g/mol. The Kier molecular flexibility index (Phi) is 6.29. The third-order valence-electron chi connectivity index (χ3n) is 6.22. The average Bonchev–Trinajstić information content (AvgIpc) is 2.89. The highest BCUT2D eigenvalue weighted by Gasteiger charge is 2.38. The Labute approximate surface area is 204 Å². The molecule has 1 fully saturated rings. The number of anilines is 1. The molecule has 0 N–H and O–H groups in total. The van der Waals surface area contributed by atoms with Crippen LogP contribution in [0.25, 0.3) is 0 Å². The monoisotopic (exact) mass is 467 g/mol. The number of benzene rings is 3. The minimum atomic E-state index is -0.231. The quantitative estimate of drug-likeness (QED) is 0.475. The molecule has 6 heteroatoms. The van der Waals surface area contributed by atoms with Crippen molar-refractivity contribution in [1.29, 1.82) is 5.26 Å². The van der Waals surface area contributed by atoms with Crippen LogP contribution >= 0.6 is 11.8 Å². The molecule has 1 saturated heterocycles. The van der Waals surface area contributed by atoms with Gasteiger partial charge >= 0.3 is 0 Å². The van der Waals surface area contributed by atoms with Crippen LogP contribution in [0.5, 0.6) is 5.75 Å². The van der Waals surface area contributed by atoms with E-state index in [1.165, 1.54) is 5.56 Å². The smallest absolute Gasteiger partial charge is 0.229 e. The normalized spacial score (nSPS) is 17.9. The summed E-state index contributed by atoms with van der Waals surface area (Å²) in [4.78, 5) is 17.1. The van der Waals surface area contributed by atoms with E-state index in [9.17, 15) is 10.1 Å². The first-order valence-electron chi connectivity index (χ1n) is 11.3. The third kappa shape index (κ3) is 4.52. The molecule has 3 aromatic carbocycles. The summed E-state index contributed by atoms with van der Waals surface area (Å²) < 4.78 is 5.89. The molecule has 0 saturated carbocycles. The molecule has 0 aromatic heterocycles. The predicted octanol–water partition coefficient (Wildman–Crippen LogP) is 5.79. The highest BCUT2D eigenvalue weighted by atomic mass is 32.2. The van der Waals surface area contributed by atoms with E-state index in [-0.39, 0.29) is 11.8 Å². The first-order chi connectivity index (χ1) is 16.6. The highest BCUT2D eigenvalue weighted by Crippen LogP contribution is 2.43. The summed E-state index contributed by atoms with van der Waals surface area (Å²) in [6.45, 7) is 3.03. The number of rotatable bonds is 5.